The zero-order chi connectivity index (χ0) is 35.6. The second-order valence-corrected chi connectivity index (χ2v) is 13.8. The maximum absolute atomic E-state index is 5.40. The van der Waals surface area contributed by atoms with Crippen LogP contribution in [0.5, 0.6) is 0 Å². The van der Waals surface area contributed by atoms with E-state index in [2.05, 4.69) is 191 Å². The number of pyridine rings is 1. The van der Waals surface area contributed by atoms with Crippen LogP contribution < -0.4 is 0 Å². The molecule has 0 aliphatic heterocycles. The molecule has 54 heavy (non-hydrogen) atoms. The fraction of sp³-hybridized carbons (Fsp3) is 0. The molecule has 11 rings (SSSR count). The van der Waals surface area contributed by atoms with Gasteiger partial charge in [0.1, 0.15) is 5.82 Å². The van der Waals surface area contributed by atoms with Crippen LogP contribution in [0.1, 0.15) is 0 Å². The van der Waals surface area contributed by atoms with Crippen molar-refractivity contribution < 1.29 is 0 Å². The Bertz CT molecular complexity index is 3170. The second-order valence-electron chi connectivity index (χ2n) is 13.8. The van der Waals surface area contributed by atoms with Crippen LogP contribution in [0.4, 0.5) is 0 Å². The molecule has 0 N–H and O–H groups in total. The third kappa shape index (κ3) is 4.70. The predicted molar refractivity (Wildman–Crippen MR) is 225 cm³/mol. The quantitative estimate of drug-likeness (QED) is 0.169. The lowest BCUT2D eigenvalue weighted by Crippen LogP contribution is -1.97. The molecule has 0 saturated carbocycles. The summed E-state index contributed by atoms with van der Waals surface area (Å²) in [6, 6.07) is 68.9. The molecule has 8 aromatic carbocycles. The molecule has 0 fully saturated rings. The molecule has 252 valence electrons. The van der Waals surface area contributed by atoms with Gasteiger partial charge < -0.3 is 4.57 Å². The number of benzene rings is 8. The normalized spacial score (nSPS) is 11.7. The predicted octanol–water partition coefficient (Wildman–Crippen LogP) is 12.8. The van der Waals surface area contributed by atoms with E-state index in [1.54, 1.807) is 0 Å². The van der Waals surface area contributed by atoms with E-state index in [0.717, 1.165) is 67.1 Å². The van der Waals surface area contributed by atoms with Crippen LogP contribution in [0.2, 0.25) is 0 Å². The van der Waals surface area contributed by atoms with Crippen LogP contribution in [-0.4, -0.2) is 19.1 Å². The van der Waals surface area contributed by atoms with Gasteiger partial charge in [-0.1, -0.05) is 140 Å². The molecule has 0 atom stereocenters. The fourth-order valence-electron chi connectivity index (χ4n) is 8.26. The number of hydrogen-bond acceptors (Lipinski definition) is 2. The van der Waals surface area contributed by atoms with Crippen LogP contribution >= 0.6 is 0 Å². The lowest BCUT2D eigenvalue weighted by atomic mass is 9.95. The highest BCUT2D eigenvalue weighted by atomic mass is 15.1. The van der Waals surface area contributed by atoms with Gasteiger partial charge in [-0.05, 0) is 71.1 Å². The summed E-state index contributed by atoms with van der Waals surface area (Å²) in [5.41, 5.74) is 13.1. The van der Waals surface area contributed by atoms with E-state index < -0.39 is 0 Å². The summed E-state index contributed by atoms with van der Waals surface area (Å²) >= 11 is 0. The van der Waals surface area contributed by atoms with Crippen molar-refractivity contribution in [2.45, 2.75) is 0 Å². The zero-order valence-electron chi connectivity index (χ0n) is 29.3. The molecule has 0 aliphatic rings. The molecule has 4 heteroatoms. The number of para-hydroxylation sites is 5. The highest BCUT2D eigenvalue weighted by molar-refractivity contribution is 6.28. The Labute approximate surface area is 311 Å². The van der Waals surface area contributed by atoms with Gasteiger partial charge in [0.05, 0.1) is 33.3 Å². The van der Waals surface area contributed by atoms with Crippen molar-refractivity contribution in [3.05, 3.63) is 194 Å². The van der Waals surface area contributed by atoms with E-state index in [1.165, 1.54) is 32.6 Å². The fourth-order valence-corrected chi connectivity index (χ4v) is 8.26. The number of rotatable bonds is 5. The van der Waals surface area contributed by atoms with Crippen LogP contribution in [0.15, 0.2) is 194 Å². The maximum Gasteiger partial charge on any atom is 0.145 e. The molecule has 4 nitrogen and oxygen atoms in total. The molecule has 0 saturated heterocycles. The van der Waals surface area contributed by atoms with Crippen LogP contribution in [0.3, 0.4) is 0 Å². The molecule has 3 aromatic heterocycles. The lowest BCUT2D eigenvalue weighted by Gasteiger charge is -2.13. The van der Waals surface area contributed by atoms with E-state index in [9.17, 15) is 0 Å². The average molecular weight is 689 g/mol. The highest BCUT2D eigenvalue weighted by Gasteiger charge is 2.20. The summed E-state index contributed by atoms with van der Waals surface area (Å²) in [5.74, 6) is 0.935. The SMILES string of the molecule is c1ccc(-c2nc3ccccc3n2-c2ccc(-c3ccc(-c4nc5ccccc5c5ccc6c(c7ccccc7n6-c6ccccc6)c45)cc3)cc2)cc1. The molecule has 0 amide bonds. The van der Waals surface area contributed by atoms with Gasteiger partial charge in [0, 0.05) is 44.0 Å². The van der Waals surface area contributed by atoms with Crippen molar-refractivity contribution in [3.8, 4) is 45.1 Å². The van der Waals surface area contributed by atoms with Gasteiger partial charge in [0.15, 0.2) is 0 Å². The molecule has 3 heterocycles. The molecular weight excluding hydrogens is 657 g/mol. The molecule has 11 aromatic rings. The average Bonchev–Trinajstić information content (AvgIpc) is 3.81. The van der Waals surface area contributed by atoms with Gasteiger partial charge in [0.2, 0.25) is 0 Å². The van der Waals surface area contributed by atoms with E-state index in [1.807, 2.05) is 12.1 Å². The van der Waals surface area contributed by atoms with Crippen LogP contribution in [0.25, 0.3) is 99.7 Å². The first-order valence-electron chi connectivity index (χ1n) is 18.3. The van der Waals surface area contributed by atoms with E-state index in [-0.39, 0.29) is 0 Å². The van der Waals surface area contributed by atoms with E-state index in [0.29, 0.717) is 0 Å². The van der Waals surface area contributed by atoms with Crippen molar-refractivity contribution in [3.63, 3.8) is 0 Å². The number of imidazole rings is 1. The second kappa shape index (κ2) is 12.1. The van der Waals surface area contributed by atoms with Crippen molar-refractivity contribution in [2.24, 2.45) is 0 Å². The third-order valence-corrected chi connectivity index (χ3v) is 10.7. The van der Waals surface area contributed by atoms with Crippen molar-refractivity contribution in [2.75, 3.05) is 0 Å². The largest absolute Gasteiger partial charge is 0.309 e. The van der Waals surface area contributed by atoms with Crippen LogP contribution in [-0.2, 0) is 0 Å². The lowest BCUT2D eigenvalue weighted by molar-refractivity contribution is 1.10. The van der Waals surface area contributed by atoms with Gasteiger partial charge >= 0.3 is 0 Å². The third-order valence-electron chi connectivity index (χ3n) is 10.7. The summed E-state index contributed by atoms with van der Waals surface area (Å²) in [4.78, 5) is 10.4. The molecule has 0 radical (unpaired) electrons. The molecular formula is C50H32N4. The topological polar surface area (TPSA) is 35.6 Å². The van der Waals surface area contributed by atoms with Gasteiger partial charge in [-0.2, -0.15) is 0 Å². The first-order valence-corrected chi connectivity index (χ1v) is 18.3. The minimum atomic E-state index is 0.935. The van der Waals surface area contributed by atoms with Crippen molar-refractivity contribution in [1.29, 1.82) is 0 Å². The summed E-state index contributed by atoms with van der Waals surface area (Å²) in [6.07, 6.45) is 0. The molecule has 0 bridgehead atoms. The van der Waals surface area contributed by atoms with E-state index >= 15 is 0 Å². The summed E-state index contributed by atoms with van der Waals surface area (Å²) in [7, 11) is 0. The first-order chi connectivity index (χ1) is 26.8. The number of fused-ring (bicyclic) bond motifs is 8. The Morgan fingerprint density at radius 1 is 0.296 bits per heavy atom. The Balaban J connectivity index is 1.05. The molecule has 0 spiro atoms. The van der Waals surface area contributed by atoms with Gasteiger partial charge in [-0.3, -0.25) is 4.57 Å². The van der Waals surface area contributed by atoms with Crippen molar-refractivity contribution in [1.82, 2.24) is 19.1 Å². The Hall–Kier alpha value is -7.30. The maximum atomic E-state index is 5.40. The van der Waals surface area contributed by atoms with Gasteiger partial charge in [0.25, 0.3) is 0 Å². The van der Waals surface area contributed by atoms with Gasteiger partial charge in [-0.25, -0.2) is 9.97 Å². The Morgan fingerprint density at radius 3 is 1.63 bits per heavy atom. The number of aromatic nitrogens is 4. The molecule has 0 unspecified atom stereocenters. The monoisotopic (exact) mass is 688 g/mol. The summed E-state index contributed by atoms with van der Waals surface area (Å²) in [6.45, 7) is 0. The zero-order valence-corrected chi connectivity index (χ0v) is 29.3. The number of hydrogen-bond donors (Lipinski definition) is 0. The minimum absolute atomic E-state index is 0.935. The van der Waals surface area contributed by atoms with Crippen LogP contribution in [0, 0.1) is 0 Å². The first kappa shape index (κ1) is 30.3. The van der Waals surface area contributed by atoms with Crippen molar-refractivity contribution >= 4 is 54.5 Å². The van der Waals surface area contributed by atoms with E-state index in [4.69, 9.17) is 9.97 Å². The Morgan fingerprint density at radius 2 is 0.870 bits per heavy atom. The summed E-state index contributed by atoms with van der Waals surface area (Å²) in [5, 5.41) is 5.99. The molecule has 0 aliphatic carbocycles. The number of nitrogens with zero attached hydrogens (tertiary/aromatic N) is 4. The Kier molecular flexibility index (Phi) is 6.82. The highest BCUT2D eigenvalue weighted by Crippen LogP contribution is 2.43. The standard InChI is InChI=1S/C50H32N4/c1-3-13-36(14-4-1)50-52-43-20-10-12-22-45(43)54(50)38-29-27-34(28-30-38)33-23-25-35(26-24-33)49-48-40(39-17-7-9-19-42(39)51-49)31-32-46-47(48)41-18-8-11-21-44(41)53(46)37-15-5-2-6-16-37/h1-32H. The minimum Gasteiger partial charge on any atom is -0.309 e. The summed E-state index contributed by atoms with van der Waals surface area (Å²) < 4.78 is 4.63. The smallest absolute Gasteiger partial charge is 0.145 e. The van der Waals surface area contributed by atoms with Gasteiger partial charge in [-0.15, -0.1) is 0 Å².